The number of benzene rings is 22. The molecule has 0 fully saturated rings. The van der Waals surface area contributed by atoms with E-state index in [0.717, 1.165) is 108 Å². The highest BCUT2D eigenvalue weighted by atomic mass is 32.1. The average Bonchev–Trinajstić information content (AvgIpc) is 1.34. The van der Waals surface area contributed by atoms with Crippen LogP contribution < -0.4 is 0 Å². The zero-order valence-corrected chi connectivity index (χ0v) is 60.9. The van der Waals surface area contributed by atoms with Gasteiger partial charge in [0.05, 0.1) is 32.9 Å². The Kier molecular flexibility index (Phi) is 11.7. The summed E-state index contributed by atoms with van der Waals surface area (Å²) in [5, 5.41) is 15.7. The van der Waals surface area contributed by atoms with Gasteiger partial charge in [0, 0.05) is 25.7 Å². The van der Waals surface area contributed by atoms with E-state index in [0.29, 0.717) is 33.4 Å². The molecule has 0 spiro atoms. The van der Waals surface area contributed by atoms with Crippen molar-refractivity contribution < 1.29 is 32.9 Å². The molecule has 0 aliphatic carbocycles. The van der Waals surface area contributed by atoms with Crippen LogP contribution in [0.3, 0.4) is 0 Å². The first-order valence-corrected chi connectivity index (χ1v) is 37.9. The summed E-state index contributed by atoms with van der Waals surface area (Å²) in [5.74, 6) is 0. The van der Waals surface area contributed by atoms with Gasteiger partial charge < -0.3 is 0 Å². The molecular weight excluding hydrogens is 1380 g/mol. The van der Waals surface area contributed by atoms with E-state index in [1.54, 1.807) is 11.3 Å². The Labute approximate surface area is 694 Å². The summed E-state index contributed by atoms with van der Waals surface area (Å²) < 4.78 is 212. The van der Waals surface area contributed by atoms with Gasteiger partial charge in [0.2, 0.25) is 0 Å². The van der Waals surface area contributed by atoms with Crippen molar-refractivity contribution in [3.63, 3.8) is 0 Å². The van der Waals surface area contributed by atoms with Gasteiger partial charge in [-0.25, -0.2) is 0 Å². The van der Waals surface area contributed by atoms with Crippen LogP contribution in [0.25, 0.3) is 217 Å². The van der Waals surface area contributed by atoms with Gasteiger partial charge in [-0.1, -0.05) is 418 Å². The van der Waals surface area contributed by atoms with Crippen LogP contribution in [-0.2, 0) is 0 Å². The number of fused-ring (bicyclic) bond motifs is 13. The first-order chi connectivity index (χ1) is 66.1. The maximum absolute atomic E-state index is 9.30. The first-order valence-electron chi connectivity index (χ1n) is 49.1. The van der Waals surface area contributed by atoms with Crippen LogP contribution in [0.2, 0.25) is 0 Å². The van der Waals surface area contributed by atoms with Crippen molar-refractivity contribution in [2.75, 3.05) is 0 Å². The second-order valence-electron chi connectivity index (χ2n) is 27.7. The van der Waals surface area contributed by atoms with Gasteiger partial charge in [0.1, 0.15) is 0 Å². The van der Waals surface area contributed by atoms with Crippen LogP contribution >= 0.6 is 11.3 Å². The summed E-state index contributed by atoms with van der Waals surface area (Å²) >= 11 is 1.74. The van der Waals surface area contributed by atoms with Crippen molar-refractivity contribution in [3.8, 4) is 89.0 Å². The van der Waals surface area contributed by atoms with Crippen molar-refractivity contribution in [2.24, 2.45) is 0 Å². The first kappa shape index (κ1) is 46.2. The molecule has 113 heavy (non-hydrogen) atoms. The van der Waals surface area contributed by atoms with Crippen LogP contribution in [0.15, 0.2) is 436 Å². The lowest BCUT2D eigenvalue weighted by Gasteiger charge is -2.19. The summed E-state index contributed by atoms with van der Waals surface area (Å²) in [7, 11) is 0. The molecule has 0 unspecified atom stereocenters. The predicted octanol–water partition coefficient (Wildman–Crippen LogP) is 32.3. The van der Waals surface area contributed by atoms with Crippen LogP contribution in [0, 0.1) is 0 Å². The van der Waals surface area contributed by atoms with Crippen molar-refractivity contribution in [1.82, 2.24) is 0 Å². The minimum atomic E-state index is -0.604. The third-order valence-electron chi connectivity index (χ3n) is 21.4. The molecule has 0 N–H and O–H groups in total. The predicted molar refractivity (Wildman–Crippen MR) is 491 cm³/mol. The lowest BCUT2D eigenvalue weighted by Crippen LogP contribution is -1.91. The minimum absolute atomic E-state index is 0.0479. The average molecular weight is 1470 g/mol. The summed E-state index contributed by atoms with van der Waals surface area (Å²) in [4.78, 5) is 0. The maximum Gasteiger partial charge on any atom is 0.0636 e. The van der Waals surface area contributed by atoms with E-state index in [9.17, 15) is 4.11 Å². The largest absolute Gasteiger partial charge is 0.135 e. The van der Waals surface area contributed by atoms with Gasteiger partial charge in [0.25, 0.3) is 0 Å². The van der Waals surface area contributed by atoms with Gasteiger partial charge in [-0.15, -0.1) is 11.3 Å². The SMILES string of the molecule is [2H]c1c([2H])c([2H])c(-c2c([2H])c([2H])c(-c3c4ccccc4c(-c4cccc5c4sc4ccccc45)c4ccccc34)c([2H])c2[2H])c([2H])c1[2H].[2H]c1c([2H])c([2H])c2c(-c3cccc4ccccc34)c3c([2H])c([2H])c([2H])c([2H])c3c(-c3ccc4ccccc4c3)c2c1[2H].[2H]c1c([2H])c([2H])c2c([2H])c(-c3c4ccccc4c(-c4ccc(-c5cccc6ccccc56)cc4)c4ccccc34)c([2H])c([2H])c2c1[2H]. The molecule has 1 heteroatoms. The topological polar surface area (TPSA) is 0 Å². The fourth-order valence-corrected chi connectivity index (χ4v) is 17.7. The smallest absolute Gasteiger partial charge is 0.0636 e. The van der Waals surface area contributed by atoms with Crippen LogP contribution in [0.4, 0.5) is 0 Å². The molecular formula is C112H72S. The van der Waals surface area contributed by atoms with Crippen molar-refractivity contribution in [2.45, 2.75) is 0 Å². The molecule has 1 aromatic heterocycles. The quantitative estimate of drug-likeness (QED) is 0.133. The number of thiophene rings is 1. The Morgan fingerprint density at radius 1 is 0.168 bits per heavy atom. The standard InChI is InChI=1S/C40H26.C38H24S.C34H22/c1-2-12-31-26-32(25-20-27(31)10-1)40-37-17-7-5-15-35(37)39(36-16-6-8-18-38(36)40)30-23-21-29(22-24-30)34-19-9-13-28-11-3-4-14-33(28)34;1-2-11-25(12-3-1)26-21-23-27(24-22-26)36-29-14-4-6-16-31(29)37(32-17-7-5-15-30(32)36)34-19-10-18-33-28-13-8-9-20-35(28)39-38(33)34;1-2-12-25-22-26(21-20-23(25)10-1)33-29-15-5-7-17-31(29)34(32-18-8-6-16-30(32)33)28-19-9-13-24-11-3-4-14-27(24)28/h1-26H;1-24H;1-22H/i1D,2D,10D,12D,20D,25D,26D;1D,2D,3D,11D,12D,21D,22D,23D,24D;5D,6D,7D,8D,15D,16D,17D,18D. The second kappa shape index (κ2) is 28.6. The second-order valence-corrected chi connectivity index (χ2v) is 28.7. The van der Waals surface area contributed by atoms with Gasteiger partial charge in [-0.2, -0.15) is 0 Å². The summed E-state index contributed by atoms with van der Waals surface area (Å²) in [6.07, 6.45) is 0. The fraction of sp³-hybridized carbons (Fsp3) is 0. The molecule has 0 atom stereocenters. The van der Waals surface area contributed by atoms with Gasteiger partial charge in [0.15, 0.2) is 0 Å². The lowest BCUT2D eigenvalue weighted by molar-refractivity contribution is 1.61. The van der Waals surface area contributed by atoms with Crippen LogP contribution in [0.1, 0.15) is 32.9 Å². The molecule has 0 bridgehead atoms. The van der Waals surface area contributed by atoms with E-state index >= 15 is 0 Å². The van der Waals surface area contributed by atoms with E-state index in [2.05, 4.69) is 91.0 Å². The third-order valence-corrected chi connectivity index (χ3v) is 22.6. The summed E-state index contributed by atoms with van der Waals surface area (Å²) in [6.45, 7) is 0. The highest BCUT2D eigenvalue weighted by Crippen LogP contribution is 2.51. The van der Waals surface area contributed by atoms with E-state index in [4.69, 9.17) is 28.8 Å². The number of hydrogen-bond donors (Lipinski definition) is 0. The van der Waals surface area contributed by atoms with E-state index in [1.165, 1.54) is 20.9 Å². The monoisotopic (exact) mass is 1470 g/mol. The van der Waals surface area contributed by atoms with Crippen molar-refractivity contribution in [1.29, 1.82) is 0 Å². The van der Waals surface area contributed by atoms with E-state index in [1.807, 2.05) is 200 Å². The zero-order chi connectivity index (χ0) is 95.6. The molecule has 0 amide bonds. The number of hydrogen-bond acceptors (Lipinski definition) is 1. The molecule has 0 aliphatic heterocycles. The molecule has 22 aromatic carbocycles. The van der Waals surface area contributed by atoms with Crippen LogP contribution in [0.5, 0.6) is 0 Å². The molecule has 0 aliphatic rings. The zero-order valence-electron chi connectivity index (χ0n) is 84.1. The van der Waals surface area contributed by atoms with Crippen molar-refractivity contribution >= 4 is 139 Å². The molecule has 0 radical (unpaired) electrons. The molecule has 526 valence electrons. The molecule has 0 nitrogen and oxygen atoms in total. The lowest BCUT2D eigenvalue weighted by atomic mass is 9.84. The van der Waals surface area contributed by atoms with E-state index in [-0.39, 0.29) is 115 Å². The molecule has 23 rings (SSSR count). The minimum Gasteiger partial charge on any atom is -0.135 e. The molecule has 1 heterocycles. The third kappa shape index (κ3) is 11.8. The van der Waals surface area contributed by atoms with Crippen molar-refractivity contribution in [3.05, 3.63) is 436 Å². The highest BCUT2D eigenvalue weighted by Gasteiger charge is 2.23. The Balaban J connectivity index is 0.000000123. The fourth-order valence-electron chi connectivity index (χ4n) is 16.4. The Hall–Kier alpha value is -14.3. The summed E-state index contributed by atoms with van der Waals surface area (Å²) in [5.41, 5.74) is 9.02. The molecule has 0 saturated carbocycles. The Morgan fingerprint density at radius 2 is 0.531 bits per heavy atom. The van der Waals surface area contributed by atoms with E-state index < -0.39 is 84.6 Å². The van der Waals surface area contributed by atoms with Gasteiger partial charge >= 0.3 is 0 Å². The van der Waals surface area contributed by atoms with Gasteiger partial charge in [-0.05, 0) is 209 Å². The molecule has 23 aromatic rings. The normalized spacial score (nSPS) is 14.5. The maximum atomic E-state index is 9.30. The number of rotatable bonds is 8. The van der Waals surface area contributed by atoms with Crippen LogP contribution in [-0.4, -0.2) is 0 Å². The Morgan fingerprint density at radius 3 is 1.12 bits per heavy atom. The Bertz CT molecular complexity index is 8970. The van der Waals surface area contributed by atoms with Gasteiger partial charge in [-0.3, -0.25) is 0 Å². The summed E-state index contributed by atoms with van der Waals surface area (Å²) in [6, 6.07) is 86.1. The highest BCUT2D eigenvalue weighted by molar-refractivity contribution is 7.26. The molecule has 0 saturated heterocycles.